The van der Waals surface area contributed by atoms with Gasteiger partial charge in [-0.15, -0.1) is 11.3 Å². The van der Waals surface area contributed by atoms with Gasteiger partial charge >= 0.3 is 0 Å². The van der Waals surface area contributed by atoms with E-state index in [1.54, 1.807) is 11.3 Å². The molecule has 0 amide bonds. The lowest BCUT2D eigenvalue weighted by atomic mass is 10.1. The molecule has 1 atom stereocenters. The van der Waals surface area contributed by atoms with E-state index in [1.165, 1.54) is 0 Å². The third-order valence-corrected chi connectivity index (χ3v) is 6.78. The maximum atomic E-state index is 6.31. The summed E-state index contributed by atoms with van der Waals surface area (Å²) in [4.78, 5) is 1.12. The molecule has 2 aromatic rings. The van der Waals surface area contributed by atoms with Crippen molar-refractivity contribution in [2.45, 2.75) is 32.9 Å². The summed E-state index contributed by atoms with van der Waals surface area (Å²) in [6.07, 6.45) is 0.687. The lowest BCUT2D eigenvalue weighted by Crippen LogP contribution is -2.15. The van der Waals surface area contributed by atoms with Gasteiger partial charge in [0.25, 0.3) is 0 Å². The van der Waals surface area contributed by atoms with Crippen LogP contribution in [0.3, 0.4) is 0 Å². The van der Waals surface area contributed by atoms with E-state index in [1.807, 2.05) is 17.7 Å². The Labute approximate surface area is 138 Å². The van der Waals surface area contributed by atoms with Crippen LogP contribution in [0.4, 0.5) is 0 Å². The normalized spacial score (nSPS) is 12.9. The van der Waals surface area contributed by atoms with Crippen LogP contribution in [0.15, 0.2) is 14.3 Å². The van der Waals surface area contributed by atoms with Crippen molar-refractivity contribution in [1.82, 2.24) is 9.78 Å². The fourth-order valence-corrected chi connectivity index (χ4v) is 4.22. The minimum Gasteiger partial charge on any atom is -0.323 e. The standard InChI is InChI=1S/C12H14Br2ClN3S/c1-3-18-9(11(15)6(2)17-18)5-8(16)10-4-7(13)12(14)19-10/h4,8H,3,5,16H2,1-2H3. The third-order valence-electron chi connectivity index (χ3n) is 2.90. The Hall–Kier alpha value is 0.120. The van der Waals surface area contributed by atoms with Gasteiger partial charge in [-0.3, -0.25) is 4.68 Å². The third kappa shape index (κ3) is 3.24. The molecule has 104 valence electrons. The number of halogens is 3. The summed E-state index contributed by atoms with van der Waals surface area (Å²) in [5.74, 6) is 0. The summed E-state index contributed by atoms with van der Waals surface area (Å²) in [7, 11) is 0. The molecule has 2 aromatic heterocycles. The van der Waals surface area contributed by atoms with Crippen LogP contribution in [0.5, 0.6) is 0 Å². The molecular formula is C12H14Br2ClN3S. The Kier molecular flexibility index (Phi) is 5.11. The van der Waals surface area contributed by atoms with Gasteiger partial charge in [0, 0.05) is 28.4 Å². The summed E-state index contributed by atoms with van der Waals surface area (Å²) in [5.41, 5.74) is 8.15. The van der Waals surface area contributed by atoms with Crippen molar-refractivity contribution < 1.29 is 0 Å². The number of nitrogens with zero attached hydrogens (tertiary/aromatic N) is 2. The highest BCUT2D eigenvalue weighted by Gasteiger charge is 2.18. The molecule has 3 nitrogen and oxygen atoms in total. The van der Waals surface area contributed by atoms with Gasteiger partial charge in [0.15, 0.2) is 0 Å². The smallest absolute Gasteiger partial charge is 0.0847 e. The van der Waals surface area contributed by atoms with Crippen molar-refractivity contribution in [2.75, 3.05) is 0 Å². The molecule has 0 aliphatic carbocycles. The van der Waals surface area contributed by atoms with E-state index in [0.29, 0.717) is 6.42 Å². The molecule has 0 saturated heterocycles. The van der Waals surface area contributed by atoms with Crippen LogP contribution in [0.1, 0.15) is 29.2 Å². The average molecular weight is 428 g/mol. The van der Waals surface area contributed by atoms with E-state index in [9.17, 15) is 0 Å². The Morgan fingerprint density at radius 2 is 2.21 bits per heavy atom. The van der Waals surface area contributed by atoms with Crippen molar-refractivity contribution in [3.05, 3.63) is 35.6 Å². The van der Waals surface area contributed by atoms with Gasteiger partial charge in [0.2, 0.25) is 0 Å². The number of hydrogen-bond acceptors (Lipinski definition) is 3. The number of thiophene rings is 1. The van der Waals surface area contributed by atoms with E-state index >= 15 is 0 Å². The minimum atomic E-state index is -0.0773. The zero-order valence-electron chi connectivity index (χ0n) is 10.6. The molecule has 0 bridgehead atoms. The van der Waals surface area contributed by atoms with E-state index in [-0.39, 0.29) is 6.04 Å². The highest BCUT2D eigenvalue weighted by Crippen LogP contribution is 2.36. The van der Waals surface area contributed by atoms with Crippen molar-refractivity contribution >= 4 is 54.8 Å². The van der Waals surface area contributed by atoms with Crippen LogP contribution in [-0.2, 0) is 13.0 Å². The number of aromatic nitrogens is 2. The molecule has 0 aliphatic rings. The summed E-state index contributed by atoms with van der Waals surface area (Å²) in [6, 6.07) is 1.97. The predicted octanol–water partition coefficient (Wildman–Crippen LogP) is 4.69. The Bertz CT molecular complexity index is 575. The maximum absolute atomic E-state index is 6.31. The van der Waals surface area contributed by atoms with Gasteiger partial charge in [0.05, 0.1) is 20.2 Å². The van der Waals surface area contributed by atoms with Crippen molar-refractivity contribution in [3.8, 4) is 0 Å². The molecule has 2 rings (SSSR count). The first kappa shape index (κ1) is 15.5. The van der Waals surface area contributed by atoms with Gasteiger partial charge in [-0.05, 0) is 51.8 Å². The van der Waals surface area contributed by atoms with Crippen LogP contribution in [0.2, 0.25) is 5.02 Å². The fraction of sp³-hybridized carbons (Fsp3) is 0.417. The summed E-state index contributed by atoms with van der Waals surface area (Å²) >= 11 is 14.9. The van der Waals surface area contributed by atoms with Crippen LogP contribution >= 0.6 is 54.8 Å². The predicted molar refractivity (Wildman–Crippen MR) is 88.0 cm³/mol. The SMILES string of the molecule is CCn1nc(C)c(Cl)c1CC(N)c1cc(Br)c(Br)s1. The molecule has 0 fully saturated rings. The molecule has 0 radical (unpaired) electrons. The van der Waals surface area contributed by atoms with Crippen LogP contribution in [-0.4, -0.2) is 9.78 Å². The number of aryl methyl sites for hydroxylation is 2. The minimum absolute atomic E-state index is 0.0773. The quantitative estimate of drug-likeness (QED) is 0.769. The number of rotatable bonds is 4. The zero-order valence-corrected chi connectivity index (χ0v) is 15.3. The molecular weight excluding hydrogens is 413 g/mol. The molecule has 0 saturated carbocycles. The molecule has 19 heavy (non-hydrogen) atoms. The lowest BCUT2D eigenvalue weighted by molar-refractivity contribution is 0.590. The van der Waals surface area contributed by atoms with Gasteiger partial charge < -0.3 is 5.73 Å². The highest BCUT2D eigenvalue weighted by molar-refractivity contribution is 9.13. The van der Waals surface area contributed by atoms with Gasteiger partial charge in [0.1, 0.15) is 0 Å². The topological polar surface area (TPSA) is 43.8 Å². The summed E-state index contributed by atoms with van der Waals surface area (Å²) in [6.45, 7) is 4.77. The van der Waals surface area contributed by atoms with Crippen molar-refractivity contribution in [2.24, 2.45) is 5.73 Å². The fourth-order valence-electron chi connectivity index (χ4n) is 1.92. The second-order valence-corrected chi connectivity index (χ2v) is 7.88. The molecule has 2 N–H and O–H groups in total. The average Bonchev–Trinajstić information content (AvgIpc) is 2.84. The molecule has 0 aromatic carbocycles. The van der Waals surface area contributed by atoms with E-state index < -0.39 is 0 Å². The first-order valence-electron chi connectivity index (χ1n) is 5.86. The molecule has 2 heterocycles. The second kappa shape index (κ2) is 6.26. The maximum Gasteiger partial charge on any atom is 0.0847 e. The van der Waals surface area contributed by atoms with E-state index in [2.05, 4.69) is 43.9 Å². The van der Waals surface area contributed by atoms with Crippen molar-refractivity contribution in [1.29, 1.82) is 0 Å². The van der Waals surface area contributed by atoms with Crippen molar-refractivity contribution in [3.63, 3.8) is 0 Å². The molecule has 1 unspecified atom stereocenters. The Morgan fingerprint density at radius 1 is 1.53 bits per heavy atom. The van der Waals surface area contributed by atoms with Crippen LogP contribution < -0.4 is 5.73 Å². The lowest BCUT2D eigenvalue weighted by Gasteiger charge is -2.11. The van der Waals surface area contributed by atoms with Crippen LogP contribution in [0, 0.1) is 6.92 Å². The Morgan fingerprint density at radius 3 is 2.74 bits per heavy atom. The largest absolute Gasteiger partial charge is 0.323 e. The molecule has 0 spiro atoms. The number of hydrogen-bond donors (Lipinski definition) is 1. The van der Waals surface area contributed by atoms with Gasteiger partial charge in [-0.25, -0.2) is 0 Å². The summed E-state index contributed by atoms with van der Waals surface area (Å²) in [5, 5.41) is 5.14. The zero-order chi connectivity index (χ0) is 14.2. The van der Waals surface area contributed by atoms with E-state index in [0.717, 1.165) is 36.1 Å². The monoisotopic (exact) mass is 425 g/mol. The molecule has 0 aliphatic heterocycles. The number of nitrogens with two attached hydrogens (primary N) is 1. The summed E-state index contributed by atoms with van der Waals surface area (Å²) < 4.78 is 4.02. The highest BCUT2D eigenvalue weighted by atomic mass is 79.9. The first-order valence-corrected chi connectivity index (χ1v) is 8.64. The van der Waals surface area contributed by atoms with Crippen LogP contribution in [0.25, 0.3) is 0 Å². The van der Waals surface area contributed by atoms with Gasteiger partial charge in [-0.1, -0.05) is 11.6 Å². The molecule has 7 heteroatoms. The van der Waals surface area contributed by atoms with E-state index in [4.69, 9.17) is 17.3 Å². The first-order chi connectivity index (χ1) is 8.93. The second-order valence-electron chi connectivity index (χ2n) is 4.24. The Balaban J connectivity index is 2.25. The van der Waals surface area contributed by atoms with Gasteiger partial charge in [-0.2, -0.15) is 5.10 Å².